The molecule has 0 radical (unpaired) electrons. The molecule has 35 heavy (non-hydrogen) atoms. The molecule has 2 aromatic carbocycles. The summed E-state index contributed by atoms with van der Waals surface area (Å²) in [6.45, 7) is 5.31. The van der Waals surface area contributed by atoms with E-state index in [0.29, 0.717) is 19.0 Å². The molecule has 1 aliphatic carbocycles. The smallest absolute Gasteiger partial charge is 0.406 e. The average molecular weight is 487 g/mol. The third-order valence-corrected chi connectivity index (χ3v) is 7.88. The zero-order chi connectivity index (χ0) is 24.6. The van der Waals surface area contributed by atoms with Crippen LogP contribution in [0, 0.1) is 12.8 Å². The summed E-state index contributed by atoms with van der Waals surface area (Å²) in [4.78, 5) is 17.6. The molecule has 1 saturated carbocycles. The molecule has 0 aromatic heterocycles. The quantitative estimate of drug-likeness (QED) is 0.484. The summed E-state index contributed by atoms with van der Waals surface area (Å²) in [6, 6.07) is 10.9. The van der Waals surface area contributed by atoms with Crippen LogP contribution in [0.2, 0.25) is 0 Å². The van der Waals surface area contributed by atoms with Crippen molar-refractivity contribution in [1.82, 2.24) is 9.80 Å². The van der Waals surface area contributed by atoms with E-state index in [-0.39, 0.29) is 11.7 Å². The van der Waals surface area contributed by atoms with Crippen molar-refractivity contribution in [2.24, 2.45) is 5.92 Å². The fraction of sp³-hybridized carbons (Fsp3) is 0.536. The Morgan fingerprint density at radius 2 is 1.66 bits per heavy atom. The zero-order valence-electron chi connectivity index (χ0n) is 20.2. The van der Waals surface area contributed by atoms with Crippen molar-refractivity contribution in [3.63, 3.8) is 0 Å². The molecule has 5 rings (SSSR count). The Hall–Kier alpha value is -2.54. The molecule has 2 aliphatic heterocycles. The number of hydrogen-bond donors (Lipinski definition) is 0. The molecule has 2 heterocycles. The normalized spacial score (nSPS) is 20.0. The van der Waals surface area contributed by atoms with Crippen molar-refractivity contribution < 1.29 is 22.7 Å². The van der Waals surface area contributed by atoms with Crippen LogP contribution < -0.4 is 4.74 Å². The minimum absolute atomic E-state index is 0.00969. The zero-order valence-corrected chi connectivity index (χ0v) is 20.2. The number of rotatable bonds is 6. The number of nitrogens with zero attached hydrogens (tertiary/aromatic N) is 2. The van der Waals surface area contributed by atoms with Gasteiger partial charge in [-0.05, 0) is 92.4 Å². The lowest BCUT2D eigenvalue weighted by atomic mass is 9.87. The minimum atomic E-state index is -4.71. The number of hydrogen-bond acceptors (Lipinski definition) is 3. The molecule has 1 saturated heterocycles. The first-order chi connectivity index (χ1) is 16.7. The number of likely N-dealkylation sites (tertiary alicyclic amines) is 1. The predicted octanol–water partition coefficient (Wildman–Crippen LogP) is 6.25. The third kappa shape index (κ3) is 5.66. The first kappa shape index (κ1) is 24.2. The number of benzene rings is 2. The molecule has 7 heteroatoms. The molecule has 0 unspecified atom stereocenters. The van der Waals surface area contributed by atoms with E-state index in [4.69, 9.17) is 0 Å². The Morgan fingerprint density at radius 1 is 0.971 bits per heavy atom. The van der Waals surface area contributed by atoms with Gasteiger partial charge in [0.2, 0.25) is 0 Å². The summed E-state index contributed by atoms with van der Waals surface area (Å²) in [5.41, 5.74) is 4.94. The highest BCUT2D eigenvalue weighted by Crippen LogP contribution is 2.33. The Bertz CT molecular complexity index is 1050. The topological polar surface area (TPSA) is 32.8 Å². The van der Waals surface area contributed by atoms with Crippen molar-refractivity contribution in [3.8, 4) is 5.75 Å². The molecule has 0 atom stereocenters. The lowest BCUT2D eigenvalue weighted by Crippen LogP contribution is -2.40. The molecule has 1 amide bonds. The molecule has 188 valence electrons. The largest absolute Gasteiger partial charge is 0.573 e. The maximum absolute atomic E-state index is 13.1. The van der Waals surface area contributed by atoms with Crippen LogP contribution in [0.25, 0.3) is 0 Å². The predicted molar refractivity (Wildman–Crippen MR) is 128 cm³/mol. The van der Waals surface area contributed by atoms with Crippen LogP contribution in [0.5, 0.6) is 5.75 Å². The number of fused-ring (bicyclic) bond motifs is 1. The second kappa shape index (κ2) is 9.84. The van der Waals surface area contributed by atoms with Crippen molar-refractivity contribution in [2.45, 2.75) is 77.4 Å². The van der Waals surface area contributed by atoms with E-state index in [2.05, 4.69) is 21.8 Å². The fourth-order valence-electron chi connectivity index (χ4n) is 6.19. The van der Waals surface area contributed by atoms with E-state index >= 15 is 0 Å². The Kier molecular flexibility index (Phi) is 6.80. The van der Waals surface area contributed by atoms with E-state index in [1.165, 1.54) is 69.3 Å². The van der Waals surface area contributed by atoms with Gasteiger partial charge in [-0.25, -0.2) is 0 Å². The molecule has 3 aliphatic rings. The summed E-state index contributed by atoms with van der Waals surface area (Å²) in [5, 5.41) is 0. The van der Waals surface area contributed by atoms with Gasteiger partial charge < -0.3 is 14.5 Å². The molecular weight excluding hydrogens is 453 g/mol. The highest BCUT2D eigenvalue weighted by molar-refractivity contribution is 5.99. The Balaban J connectivity index is 1.20. The van der Waals surface area contributed by atoms with Gasteiger partial charge in [0, 0.05) is 24.7 Å². The summed E-state index contributed by atoms with van der Waals surface area (Å²) in [5.74, 6) is 0.423. The summed E-state index contributed by atoms with van der Waals surface area (Å²) >= 11 is 0. The van der Waals surface area contributed by atoms with Crippen molar-refractivity contribution in [3.05, 3.63) is 64.2 Å². The average Bonchev–Trinajstić information content (AvgIpc) is 3.44. The summed E-state index contributed by atoms with van der Waals surface area (Å²) in [7, 11) is 0. The Labute approximate surface area is 205 Å². The van der Waals surface area contributed by atoms with Crippen LogP contribution in [-0.4, -0.2) is 41.2 Å². The molecular formula is C28H33F3N2O2. The second-order valence-electron chi connectivity index (χ2n) is 10.4. The number of halogens is 3. The van der Waals surface area contributed by atoms with E-state index in [1.54, 1.807) is 17.0 Å². The van der Waals surface area contributed by atoms with Crippen LogP contribution in [0.3, 0.4) is 0 Å². The van der Waals surface area contributed by atoms with Crippen LogP contribution in [0.1, 0.15) is 71.1 Å². The van der Waals surface area contributed by atoms with Crippen molar-refractivity contribution in [1.29, 1.82) is 0 Å². The molecule has 0 bridgehead atoms. The highest BCUT2D eigenvalue weighted by Gasteiger charge is 2.32. The number of alkyl halides is 3. The third-order valence-electron chi connectivity index (χ3n) is 7.88. The molecule has 0 N–H and O–H groups in total. The molecule has 2 aromatic rings. The highest BCUT2D eigenvalue weighted by atomic mass is 19.4. The van der Waals surface area contributed by atoms with Crippen LogP contribution >= 0.6 is 0 Å². The molecule has 2 fully saturated rings. The first-order valence-electron chi connectivity index (χ1n) is 12.8. The van der Waals surface area contributed by atoms with Gasteiger partial charge in [0.25, 0.3) is 5.91 Å². The van der Waals surface area contributed by atoms with Gasteiger partial charge in [-0.1, -0.05) is 37.1 Å². The van der Waals surface area contributed by atoms with Gasteiger partial charge >= 0.3 is 6.36 Å². The van der Waals surface area contributed by atoms with Crippen LogP contribution in [-0.2, 0) is 19.5 Å². The molecule has 4 nitrogen and oxygen atoms in total. The van der Waals surface area contributed by atoms with Crippen molar-refractivity contribution in [2.75, 3.05) is 13.1 Å². The number of ether oxygens (including phenoxy) is 1. The van der Waals surface area contributed by atoms with E-state index in [1.807, 2.05) is 6.92 Å². The first-order valence-corrected chi connectivity index (χ1v) is 12.8. The number of aryl methyl sites for hydroxylation is 1. The minimum Gasteiger partial charge on any atom is -0.406 e. The lowest BCUT2D eigenvalue weighted by molar-refractivity contribution is -0.274. The van der Waals surface area contributed by atoms with Gasteiger partial charge in [0.1, 0.15) is 5.75 Å². The van der Waals surface area contributed by atoms with Gasteiger partial charge in [-0.2, -0.15) is 0 Å². The standard InChI is InChI=1S/C28H33F3N2O2/c1-19-14-22(15-20-10-12-32(13-11-20)24-4-2-3-5-24)16-23-18-33(27(34)26(19)23)17-21-6-8-25(9-7-21)35-28(29,30)31/h6-9,14,16,20,24H,2-5,10-13,15,17-18H2,1H3. The summed E-state index contributed by atoms with van der Waals surface area (Å²) in [6.07, 6.45) is 4.32. The maximum Gasteiger partial charge on any atom is 0.573 e. The van der Waals surface area contributed by atoms with Crippen LogP contribution in [0.15, 0.2) is 36.4 Å². The lowest BCUT2D eigenvalue weighted by Gasteiger charge is -2.36. The van der Waals surface area contributed by atoms with Crippen molar-refractivity contribution >= 4 is 5.91 Å². The number of carbonyl (C=O) groups excluding carboxylic acids is 1. The molecule has 0 spiro atoms. The number of amides is 1. The maximum atomic E-state index is 13.1. The Morgan fingerprint density at radius 3 is 2.31 bits per heavy atom. The van der Waals surface area contributed by atoms with E-state index < -0.39 is 6.36 Å². The van der Waals surface area contributed by atoms with Gasteiger partial charge in [0.05, 0.1) is 0 Å². The SMILES string of the molecule is Cc1cc(CC2CCN(C3CCCC3)CC2)cc2c1C(=O)N(Cc1ccc(OC(F)(F)F)cc1)C2. The fourth-order valence-corrected chi connectivity index (χ4v) is 6.19. The van der Waals surface area contributed by atoms with E-state index in [0.717, 1.165) is 34.7 Å². The van der Waals surface area contributed by atoms with E-state index in [9.17, 15) is 18.0 Å². The van der Waals surface area contributed by atoms with Crippen LogP contribution in [0.4, 0.5) is 13.2 Å². The summed E-state index contributed by atoms with van der Waals surface area (Å²) < 4.78 is 41.1. The number of piperidine rings is 1. The van der Waals surface area contributed by atoms with Gasteiger partial charge in [-0.3, -0.25) is 4.79 Å². The monoisotopic (exact) mass is 486 g/mol. The number of carbonyl (C=O) groups is 1. The second-order valence-corrected chi connectivity index (χ2v) is 10.4. The van der Waals surface area contributed by atoms with Gasteiger partial charge in [-0.15, -0.1) is 13.2 Å². The van der Waals surface area contributed by atoms with Gasteiger partial charge in [0.15, 0.2) is 0 Å².